The van der Waals surface area contributed by atoms with E-state index in [1.165, 1.54) is 4.90 Å². The number of benzene rings is 2. The van der Waals surface area contributed by atoms with Crippen molar-refractivity contribution in [2.75, 3.05) is 13.7 Å². The molecule has 2 aromatic carbocycles. The first-order chi connectivity index (χ1) is 22.7. The van der Waals surface area contributed by atoms with E-state index in [-0.39, 0.29) is 24.1 Å². The summed E-state index contributed by atoms with van der Waals surface area (Å²) in [6.07, 6.45) is 1.45. The second-order valence-corrected chi connectivity index (χ2v) is 16.3. The molecule has 2 heterocycles. The number of amides is 3. The highest BCUT2D eigenvalue weighted by Crippen LogP contribution is 2.43. The van der Waals surface area contributed by atoms with Crippen LogP contribution in [0.1, 0.15) is 127 Å². The minimum absolute atomic E-state index is 0.185. The van der Waals surface area contributed by atoms with Crippen molar-refractivity contribution in [2.45, 2.75) is 123 Å². The minimum atomic E-state index is -1.37. The fourth-order valence-corrected chi connectivity index (χ4v) is 6.52. The van der Waals surface area contributed by atoms with E-state index in [2.05, 4.69) is 0 Å². The number of likely N-dealkylation sites (tertiary alicyclic amines) is 1. The van der Waals surface area contributed by atoms with E-state index in [1.54, 1.807) is 59.1 Å². The molecule has 0 aromatic heterocycles. The lowest BCUT2D eigenvalue weighted by molar-refractivity contribution is -0.167. The van der Waals surface area contributed by atoms with Crippen LogP contribution in [0, 0.1) is 5.92 Å². The molecule has 3 atom stereocenters. The summed E-state index contributed by atoms with van der Waals surface area (Å²) in [7, 11) is 1.59. The number of esters is 2. The fourth-order valence-electron chi connectivity index (χ4n) is 6.52. The summed E-state index contributed by atoms with van der Waals surface area (Å²) in [6, 6.07) is 7.87. The first kappa shape index (κ1) is 37.6. The van der Waals surface area contributed by atoms with Crippen LogP contribution in [0.2, 0.25) is 0 Å². The molecule has 0 unspecified atom stereocenters. The lowest BCUT2D eigenvalue weighted by Crippen LogP contribution is -2.59. The topological polar surface area (TPSA) is 120 Å². The van der Waals surface area contributed by atoms with Gasteiger partial charge in [0.05, 0.1) is 24.7 Å². The Hall–Kier alpha value is -4.21. The molecule has 2 aromatic rings. The zero-order chi connectivity index (χ0) is 36.6. The Bertz CT molecular complexity index is 1550. The Morgan fingerprint density at radius 2 is 1.39 bits per heavy atom. The number of rotatable bonds is 8. The van der Waals surface area contributed by atoms with Gasteiger partial charge in [-0.2, -0.15) is 0 Å². The number of nitrogens with zero attached hydrogens (tertiary/aromatic N) is 2. The summed E-state index contributed by atoms with van der Waals surface area (Å²) in [5, 5.41) is 0. The average molecular weight is 677 g/mol. The first-order valence-corrected chi connectivity index (χ1v) is 17.1. The van der Waals surface area contributed by atoms with Crippen molar-refractivity contribution in [1.82, 2.24) is 9.80 Å². The Morgan fingerprint density at radius 3 is 1.86 bits per heavy atom. The van der Waals surface area contributed by atoms with E-state index in [0.717, 1.165) is 16.0 Å². The lowest BCUT2D eigenvalue weighted by atomic mass is 9.79. The Labute approximate surface area is 290 Å². The average Bonchev–Trinajstić information content (AvgIpc) is 3.24. The Morgan fingerprint density at radius 1 is 0.857 bits per heavy atom. The normalized spacial score (nSPS) is 18.1. The van der Waals surface area contributed by atoms with E-state index in [4.69, 9.17) is 14.2 Å². The number of hydrogen-bond acceptors (Lipinski definition) is 8. The molecule has 10 nitrogen and oxygen atoms in total. The number of carbonyl (C=O) groups is 5. The van der Waals surface area contributed by atoms with Crippen LogP contribution < -0.4 is 9.47 Å². The van der Waals surface area contributed by atoms with E-state index in [0.29, 0.717) is 30.8 Å². The SMILES string of the molecule is COc1cc(C(C)(C)C)c(OC(=O)C[C@@H](C)[C@H](C(=O)N2CCCC[C@H]2C(=O)OC(C)(C)C)N2C(=O)c3ccccc3C2=O)c(C(C)(C)C)c1. The third-order valence-corrected chi connectivity index (χ3v) is 8.98. The van der Waals surface area contributed by atoms with E-state index >= 15 is 0 Å². The maximum absolute atomic E-state index is 14.6. The van der Waals surface area contributed by atoms with Crippen molar-refractivity contribution >= 4 is 29.7 Å². The van der Waals surface area contributed by atoms with Gasteiger partial charge >= 0.3 is 11.9 Å². The van der Waals surface area contributed by atoms with Gasteiger partial charge < -0.3 is 19.1 Å². The van der Waals surface area contributed by atoms with Gasteiger partial charge in [-0.15, -0.1) is 0 Å². The van der Waals surface area contributed by atoms with Crippen LogP contribution in [0.5, 0.6) is 11.5 Å². The van der Waals surface area contributed by atoms with Crippen LogP contribution in [0.3, 0.4) is 0 Å². The van der Waals surface area contributed by atoms with Crippen LogP contribution in [0.4, 0.5) is 0 Å². The molecule has 0 spiro atoms. The Kier molecular flexibility index (Phi) is 10.7. The van der Waals surface area contributed by atoms with Crippen molar-refractivity contribution in [3.63, 3.8) is 0 Å². The first-order valence-electron chi connectivity index (χ1n) is 17.1. The van der Waals surface area contributed by atoms with Crippen molar-refractivity contribution < 1.29 is 38.2 Å². The van der Waals surface area contributed by atoms with Crippen LogP contribution >= 0.6 is 0 Å². The molecule has 2 aliphatic heterocycles. The molecule has 3 amide bonds. The summed E-state index contributed by atoms with van der Waals surface area (Å²) in [5.74, 6) is -2.79. The van der Waals surface area contributed by atoms with Crippen molar-refractivity contribution in [3.8, 4) is 11.5 Å². The second kappa shape index (κ2) is 14.0. The summed E-state index contributed by atoms with van der Waals surface area (Å²) in [4.78, 5) is 71.9. The van der Waals surface area contributed by atoms with Crippen molar-refractivity contribution in [1.29, 1.82) is 0 Å². The van der Waals surface area contributed by atoms with E-state index in [1.807, 2.05) is 53.7 Å². The van der Waals surface area contributed by atoms with Gasteiger partial charge in [0.25, 0.3) is 11.8 Å². The van der Waals surface area contributed by atoms with E-state index in [9.17, 15) is 24.0 Å². The number of fused-ring (bicyclic) bond motifs is 1. The number of piperidine rings is 1. The predicted molar refractivity (Wildman–Crippen MR) is 186 cm³/mol. The molecular formula is C39H52N2O8. The summed E-state index contributed by atoms with van der Waals surface area (Å²) in [6.45, 7) is 19.3. The third-order valence-electron chi connectivity index (χ3n) is 8.98. The second-order valence-electron chi connectivity index (χ2n) is 16.3. The molecule has 0 bridgehead atoms. The summed E-state index contributed by atoms with van der Waals surface area (Å²) < 4.78 is 17.5. The largest absolute Gasteiger partial charge is 0.497 e. The maximum Gasteiger partial charge on any atom is 0.329 e. The molecule has 0 N–H and O–H groups in total. The lowest BCUT2D eigenvalue weighted by Gasteiger charge is -2.40. The summed E-state index contributed by atoms with van der Waals surface area (Å²) >= 11 is 0. The van der Waals surface area contributed by atoms with Gasteiger partial charge in [0.2, 0.25) is 5.91 Å². The molecule has 266 valence electrons. The van der Waals surface area contributed by atoms with Crippen LogP contribution in [-0.2, 0) is 30.0 Å². The van der Waals surface area contributed by atoms with Gasteiger partial charge in [0, 0.05) is 17.7 Å². The molecule has 4 rings (SSSR count). The molecular weight excluding hydrogens is 624 g/mol. The quantitative estimate of drug-likeness (QED) is 0.174. The van der Waals surface area contributed by atoms with Gasteiger partial charge in [0.15, 0.2) is 0 Å². The molecule has 1 saturated heterocycles. The molecule has 2 aliphatic rings. The van der Waals surface area contributed by atoms with Gasteiger partial charge in [-0.3, -0.25) is 24.1 Å². The van der Waals surface area contributed by atoms with Gasteiger partial charge in [-0.05, 0) is 81.0 Å². The molecule has 0 radical (unpaired) electrons. The highest BCUT2D eigenvalue weighted by atomic mass is 16.6. The number of carbonyl (C=O) groups excluding carboxylic acids is 5. The zero-order valence-corrected chi connectivity index (χ0v) is 30.9. The number of methoxy groups -OCH3 is 1. The fraction of sp³-hybridized carbons (Fsp3) is 0.564. The smallest absolute Gasteiger partial charge is 0.329 e. The van der Waals surface area contributed by atoms with Crippen LogP contribution in [0.15, 0.2) is 36.4 Å². The van der Waals surface area contributed by atoms with Crippen molar-refractivity contribution in [2.24, 2.45) is 5.92 Å². The summed E-state index contributed by atoms with van der Waals surface area (Å²) in [5.41, 5.74) is 0.314. The van der Waals surface area contributed by atoms with Gasteiger partial charge in [-0.1, -0.05) is 60.6 Å². The van der Waals surface area contributed by atoms with Crippen LogP contribution in [-0.4, -0.2) is 70.8 Å². The van der Waals surface area contributed by atoms with Crippen molar-refractivity contribution in [3.05, 3.63) is 58.7 Å². The predicted octanol–water partition coefficient (Wildman–Crippen LogP) is 6.61. The molecule has 0 saturated carbocycles. The third kappa shape index (κ3) is 8.16. The van der Waals surface area contributed by atoms with Gasteiger partial charge in [-0.25, -0.2) is 4.79 Å². The zero-order valence-electron chi connectivity index (χ0n) is 30.9. The number of imide groups is 1. The number of ether oxygens (including phenoxy) is 3. The standard InChI is InChI=1S/C39H52N2O8/c1-23(20-30(42)48-32-27(37(2,3)4)21-24(47-11)22-28(32)38(5,6)7)31(41-33(43)25-16-12-13-17-26(25)34(41)44)35(45)40-19-15-14-18-29(40)36(46)49-39(8,9)10/h12-13,16-17,21-23,29,31H,14-15,18-20H2,1-11H3/t23-,29+,31-/m1/s1. The Balaban J connectivity index is 1.74. The monoisotopic (exact) mass is 676 g/mol. The molecule has 1 fully saturated rings. The minimum Gasteiger partial charge on any atom is -0.497 e. The highest BCUT2D eigenvalue weighted by molar-refractivity contribution is 6.23. The molecule has 0 aliphatic carbocycles. The highest BCUT2D eigenvalue weighted by Gasteiger charge is 2.49. The van der Waals surface area contributed by atoms with E-state index < -0.39 is 64.1 Å². The number of hydrogen-bond donors (Lipinski definition) is 0. The maximum atomic E-state index is 14.6. The molecule has 10 heteroatoms. The van der Waals surface area contributed by atoms with Crippen LogP contribution in [0.25, 0.3) is 0 Å². The van der Waals surface area contributed by atoms with Gasteiger partial charge in [0.1, 0.15) is 29.2 Å². The molecule has 49 heavy (non-hydrogen) atoms.